The monoisotopic (exact) mass is 373 g/mol. The molecule has 6 heteroatoms. The lowest BCUT2D eigenvalue weighted by Crippen LogP contribution is -2.45. The average molecular weight is 373 g/mol. The molecule has 2 fully saturated rings. The van der Waals surface area contributed by atoms with Gasteiger partial charge in [0.25, 0.3) is 0 Å². The molecule has 0 spiro atoms. The Kier molecular flexibility index (Phi) is 5.55. The molecule has 1 aliphatic heterocycles. The summed E-state index contributed by atoms with van der Waals surface area (Å²) in [5.74, 6) is 0.791. The number of imidazole rings is 1. The minimum atomic E-state index is -0.00562. The molecule has 1 aromatic carbocycles. The molecule has 0 bridgehead atoms. The van der Waals surface area contributed by atoms with Crippen LogP contribution in [-0.4, -0.2) is 53.4 Å². The predicted molar refractivity (Wildman–Crippen MR) is 107 cm³/mol. The van der Waals surface area contributed by atoms with Gasteiger partial charge < -0.3 is 19.4 Å². The molecule has 0 atom stereocenters. The number of hydrogen-bond acceptors (Lipinski definition) is 4. The van der Waals surface area contributed by atoms with Crippen molar-refractivity contribution >= 4 is 11.0 Å². The zero-order chi connectivity index (χ0) is 18.8. The molecule has 0 radical (unpaired) electrons. The van der Waals surface area contributed by atoms with Crippen molar-refractivity contribution in [3.63, 3.8) is 0 Å². The molecule has 2 aliphatic rings. The van der Waals surface area contributed by atoms with Crippen molar-refractivity contribution < 1.29 is 9.47 Å². The number of piperidine rings is 1. The molecule has 1 N–H and O–H groups in total. The lowest BCUT2D eigenvalue weighted by Gasteiger charge is -2.40. The number of benzene rings is 1. The summed E-state index contributed by atoms with van der Waals surface area (Å²) < 4.78 is 13.1. The van der Waals surface area contributed by atoms with Gasteiger partial charge in [0.2, 0.25) is 0 Å². The fourth-order valence-electron chi connectivity index (χ4n) is 4.91. The number of ether oxygens (including phenoxy) is 2. The van der Waals surface area contributed by atoms with Gasteiger partial charge in [-0.1, -0.05) is 0 Å². The third-order valence-electron chi connectivity index (χ3n) is 6.35. The molecule has 1 aliphatic carbocycles. The number of likely N-dealkylation sites (tertiary alicyclic amines) is 1. The smallest absolute Gasteiger partial charge is 0.326 e. The summed E-state index contributed by atoms with van der Waals surface area (Å²) in [5.41, 5.74) is 1.83. The number of nitrogens with one attached hydrogen (secondary N) is 1. The van der Waals surface area contributed by atoms with E-state index in [4.69, 9.17) is 9.47 Å². The lowest BCUT2D eigenvalue weighted by atomic mass is 9.90. The van der Waals surface area contributed by atoms with Crippen LogP contribution >= 0.6 is 0 Å². The van der Waals surface area contributed by atoms with Gasteiger partial charge in [-0.05, 0) is 57.6 Å². The summed E-state index contributed by atoms with van der Waals surface area (Å²) in [6, 6.07) is 6.73. The van der Waals surface area contributed by atoms with Crippen LogP contribution in [0.3, 0.4) is 0 Å². The Labute approximate surface area is 160 Å². The number of nitrogens with zero attached hydrogens (tertiary/aromatic N) is 2. The molecule has 2 heterocycles. The van der Waals surface area contributed by atoms with Crippen molar-refractivity contribution in [2.75, 3.05) is 26.8 Å². The Hall–Kier alpha value is -1.79. The molecular formula is C21H31N3O3. The van der Waals surface area contributed by atoms with Crippen LogP contribution in [0.5, 0.6) is 5.75 Å². The SMILES string of the molecule is CCOC1CCC(N2CCC(n3c(=O)[nH]c4ccc(OC)cc43)CC2)CC1. The highest BCUT2D eigenvalue weighted by Crippen LogP contribution is 2.31. The maximum Gasteiger partial charge on any atom is 0.326 e. The van der Waals surface area contributed by atoms with Crippen LogP contribution in [0.15, 0.2) is 23.0 Å². The largest absolute Gasteiger partial charge is 0.497 e. The highest BCUT2D eigenvalue weighted by Gasteiger charge is 2.30. The zero-order valence-electron chi connectivity index (χ0n) is 16.4. The Morgan fingerprint density at radius 3 is 2.48 bits per heavy atom. The Morgan fingerprint density at radius 2 is 1.81 bits per heavy atom. The number of methoxy groups -OCH3 is 1. The highest BCUT2D eigenvalue weighted by molar-refractivity contribution is 5.77. The number of rotatable bonds is 5. The van der Waals surface area contributed by atoms with Crippen molar-refractivity contribution in [2.24, 2.45) is 0 Å². The molecule has 27 heavy (non-hydrogen) atoms. The van der Waals surface area contributed by atoms with Crippen LogP contribution in [0.1, 0.15) is 51.5 Å². The average Bonchev–Trinajstić information content (AvgIpc) is 3.04. The van der Waals surface area contributed by atoms with E-state index in [1.165, 1.54) is 25.7 Å². The van der Waals surface area contributed by atoms with Crippen LogP contribution in [0, 0.1) is 0 Å². The van der Waals surface area contributed by atoms with Gasteiger partial charge in [-0.2, -0.15) is 0 Å². The first kappa shape index (κ1) is 18.6. The quantitative estimate of drug-likeness (QED) is 0.873. The van der Waals surface area contributed by atoms with Gasteiger partial charge in [-0.25, -0.2) is 4.79 Å². The van der Waals surface area contributed by atoms with E-state index in [1.807, 2.05) is 22.8 Å². The second-order valence-corrected chi connectivity index (χ2v) is 7.84. The first-order chi connectivity index (χ1) is 13.2. The number of hydrogen-bond donors (Lipinski definition) is 1. The maximum absolute atomic E-state index is 12.6. The second-order valence-electron chi connectivity index (χ2n) is 7.84. The summed E-state index contributed by atoms with van der Waals surface area (Å²) in [6.07, 6.45) is 7.34. The van der Waals surface area contributed by atoms with Crippen LogP contribution in [-0.2, 0) is 4.74 Å². The molecule has 1 aromatic heterocycles. The van der Waals surface area contributed by atoms with Crippen molar-refractivity contribution in [3.05, 3.63) is 28.7 Å². The van der Waals surface area contributed by atoms with E-state index in [-0.39, 0.29) is 11.7 Å². The third-order valence-corrected chi connectivity index (χ3v) is 6.35. The van der Waals surface area contributed by atoms with Crippen molar-refractivity contribution in [2.45, 2.75) is 63.6 Å². The molecule has 148 valence electrons. The maximum atomic E-state index is 12.6. The molecule has 0 amide bonds. The Bertz CT molecular complexity index is 812. The van der Waals surface area contributed by atoms with Crippen LogP contribution in [0.25, 0.3) is 11.0 Å². The predicted octanol–water partition coefficient (Wildman–Crippen LogP) is 3.32. The summed E-state index contributed by atoms with van der Waals surface area (Å²) >= 11 is 0. The van der Waals surface area contributed by atoms with Crippen LogP contribution < -0.4 is 10.4 Å². The van der Waals surface area contributed by atoms with Gasteiger partial charge in [0.1, 0.15) is 5.75 Å². The van der Waals surface area contributed by atoms with E-state index in [0.717, 1.165) is 49.3 Å². The number of H-pyrrole nitrogens is 1. The highest BCUT2D eigenvalue weighted by atomic mass is 16.5. The number of fused-ring (bicyclic) bond motifs is 1. The van der Waals surface area contributed by atoms with E-state index in [1.54, 1.807) is 7.11 Å². The van der Waals surface area contributed by atoms with Gasteiger partial charge in [0.05, 0.1) is 24.2 Å². The molecule has 1 saturated carbocycles. The Balaban J connectivity index is 1.42. The molecular weight excluding hydrogens is 342 g/mol. The molecule has 2 aromatic rings. The van der Waals surface area contributed by atoms with E-state index >= 15 is 0 Å². The van der Waals surface area contributed by atoms with Crippen molar-refractivity contribution in [1.82, 2.24) is 14.5 Å². The van der Waals surface area contributed by atoms with E-state index in [0.29, 0.717) is 12.1 Å². The van der Waals surface area contributed by atoms with E-state index < -0.39 is 0 Å². The minimum Gasteiger partial charge on any atom is -0.497 e. The fourth-order valence-corrected chi connectivity index (χ4v) is 4.91. The summed E-state index contributed by atoms with van der Waals surface area (Å²) in [7, 11) is 1.66. The number of aromatic amines is 1. The summed E-state index contributed by atoms with van der Waals surface area (Å²) in [6.45, 7) is 5.04. The molecule has 4 rings (SSSR count). The molecule has 1 saturated heterocycles. The summed E-state index contributed by atoms with van der Waals surface area (Å²) in [4.78, 5) is 18.2. The normalized spacial score (nSPS) is 25.1. The first-order valence-corrected chi connectivity index (χ1v) is 10.3. The summed E-state index contributed by atoms with van der Waals surface area (Å²) in [5, 5.41) is 0. The Morgan fingerprint density at radius 1 is 1.07 bits per heavy atom. The van der Waals surface area contributed by atoms with Gasteiger partial charge in [0.15, 0.2) is 0 Å². The van der Waals surface area contributed by atoms with Gasteiger partial charge >= 0.3 is 5.69 Å². The van der Waals surface area contributed by atoms with Gasteiger partial charge in [0, 0.05) is 37.8 Å². The van der Waals surface area contributed by atoms with Gasteiger partial charge in [-0.3, -0.25) is 4.57 Å². The molecule has 0 unspecified atom stereocenters. The zero-order valence-corrected chi connectivity index (χ0v) is 16.4. The second kappa shape index (κ2) is 8.07. The molecule has 6 nitrogen and oxygen atoms in total. The first-order valence-electron chi connectivity index (χ1n) is 10.3. The van der Waals surface area contributed by atoms with Crippen LogP contribution in [0.2, 0.25) is 0 Å². The minimum absolute atomic E-state index is 0.00562. The van der Waals surface area contributed by atoms with Crippen molar-refractivity contribution in [3.8, 4) is 5.75 Å². The topological polar surface area (TPSA) is 59.5 Å². The standard InChI is InChI=1S/C21H31N3O3/c1-3-27-17-6-4-15(5-7-17)23-12-10-16(11-13-23)24-20-14-18(26-2)8-9-19(20)22-21(24)25/h8-9,14-17H,3-7,10-13H2,1-2H3,(H,22,25). The third kappa shape index (κ3) is 3.78. The van der Waals surface area contributed by atoms with Crippen LogP contribution in [0.4, 0.5) is 0 Å². The number of aromatic nitrogens is 2. The fraction of sp³-hybridized carbons (Fsp3) is 0.667. The van der Waals surface area contributed by atoms with Crippen molar-refractivity contribution in [1.29, 1.82) is 0 Å². The van der Waals surface area contributed by atoms with E-state index in [2.05, 4.69) is 16.8 Å². The van der Waals surface area contributed by atoms with Gasteiger partial charge in [-0.15, -0.1) is 0 Å². The lowest BCUT2D eigenvalue weighted by molar-refractivity contribution is 0.00796. The van der Waals surface area contributed by atoms with E-state index in [9.17, 15) is 4.79 Å².